The summed E-state index contributed by atoms with van der Waals surface area (Å²) in [4.78, 5) is 17.2. The van der Waals surface area contributed by atoms with E-state index in [1.807, 2.05) is 24.3 Å². The number of fused-ring (bicyclic) bond motifs is 1. The predicted molar refractivity (Wildman–Crippen MR) is 128 cm³/mol. The zero-order chi connectivity index (χ0) is 23.6. The maximum atomic E-state index is 12.6. The van der Waals surface area contributed by atoms with Crippen LogP contribution in [0, 0.1) is 0 Å². The molecule has 0 radical (unpaired) electrons. The number of methoxy groups -OCH3 is 1. The first-order valence-electron chi connectivity index (χ1n) is 10.3. The molecule has 0 saturated heterocycles. The number of benzene rings is 2. The van der Waals surface area contributed by atoms with E-state index in [2.05, 4.69) is 10.3 Å². The van der Waals surface area contributed by atoms with Crippen LogP contribution in [0.3, 0.4) is 0 Å². The Bertz CT molecular complexity index is 1390. The van der Waals surface area contributed by atoms with Crippen molar-refractivity contribution in [1.82, 2.24) is 9.29 Å². The zero-order valence-electron chi connectivity index (χ0n) is 18.4. The number of hydrogen-bond acceptors (Lipinski definition) is 7. The maximum absolute atomic E-state index is 12.6. The average Bonchev–Trinajstić information content (AvgIpc) is 3.46. The minimum absolute atomic E-state index is 0.152. The molecule has 4 rings (SSSR count). The van der Waals surface area contributed by atoms with Crippen LogP contribution in [-0.2, 0) is 10.0 Å². The van der Waals surface area contributed by atoms with Crippen molar-refractivity contribution >= 4 is 43.4 Å². The van der Waals surface area contributed by atoms with Crippen molar-refractivity contribution in [2.45, 2.75) is 18.7 Å². The van der Waals surface area contributed by atoms with Crippen molar-refractivity contribution < 1.29 is 22.4 Å². The molecule has 2 aromatic carbocycles. The third-order valence-corrected chi connectivity index (χ3v) is 7.99. The van der Waals surface area contributed by atoms with E-state index in [4.69, 9.17) is 9.15 Å². The fourth-order valence-corrected chi connectivity index (χ4v) is 5.58. The molecule has 2 heterocycles. The molecule has 0 bridgehead atoms. The van der Waals surface area contributed by atoms with Crippen LogP contribution >= 0.6 is 11.3 Å². The summed E-state index contributed by atoms with van der Waals surface area (Å²) in [5.41, 5.74) is 1.56. The number of thiazole rings is 1. The lowest BCUT2D eigenvalue weighted by Crippen LogP contribution is -2.30. The molecule has 10 heteroatoms. The number of para-hydroxylation sites is 1. The van der Waals surface area contributed by atoms with E-state index in [-0.39, 0.29) is 10.8 Å². The van der Waals surface area contributed by atoms with Crippen LogP contribution in [0.15, 0.2) is 63.2 Å². The third-order valence-electron chi connectivity index (χ3n) is 5.16. The topological polar surface area (TPSA) is 102 Å². The van der Waals surface area contributed by atoms with Crippen LogP contribution in [0.4, 0.5) is 5.13 Å². The Morgan fingerprint density at radius 3 is 2.55 bits per heavy atom. The number of carbonyl (C=O) groups is 1. The number of aromatic nitrogens is 1. The molecule has 4 aromatic rings. The lowest BCUT2D eigenvalue weighted by Gasteiger charge is -2.18. The quantitative estimate of drug-likeness (QED) is 0.383. The Labute approximate surface area is 195 Å². The third kappa shape index (κ3) is 4.50. The standard InChI is InChI=1S/C23H23N3O5S2/c1-4-26(5-2)33(28,29)17-11-9-15(10-12-17)22(27)25-23-24-18(14-32-23)20-13-16-7-6-8-19(30-3)21(16)31-20/h6-14H,4-5H2,1-3H3,(H,24,25,27). The van der Waals surface area contributed by atoms with E-state index in [1.54, 1.807) is 26.3 Å². The van der Waals surface area contributed by atoms with Gasteiger partial charge in [0, 0.05) is 29.4 Å². The van der Waals surface area contributed by atoms with Gasteiger partial charge in [0.2, 0.25) is 10.0 Å². The maximum Gasteiger partial charge on any atom is 0.257 e. The molecule has 0 aliphatic rings. The van der Waals surface area contributed by atoms with E-state index in [9.17, 15) is 13.2 Å². The fourth-order valence-electron chi connectivity index (χ4n) is 3.43. The SMILES string of the molecule is CCN(CC)S(=O)(=O)c1ccc(C(=O)Nc2nc(-c3cc4cccc(OC)c4o3)cs2)cc1. The summed E-state index contributed by atoms with van der Waals surface area (Å²) < 4.78 is 37.8. The first-order valence-corrected chi connectivity index (χ1v) is 12.6. The lowest BCUT2D eigenvalue weighted by molar-refractivity contribution is 0.102. The molecule has 0 fully saturated rings. The van der Waals surface area contributed by atoms with E-state index in [0.717, 1.165) is 5.39 Å². The van der Waals surface area contributed by atoms with E-state index < -0.39 is 10.0 Å². The number of ether oxygens (including phenoxy) is 1. The lowest BCUT2D eigenvalue weighted by atomic mass is 10.2. The van der Waals surface area contributed by atoms with Crippen LogP contribution < -0.4 is 10.1 Å². The fraction of sp³-hybridized carbons (Fsp3) is 0.217. The summed E-state index contributed by atoms with van der Waals surface area (Å²) in [5, 5.41) is 5.84. The molecule has 33 heavy (non-hydrogen) atoms. The number of nitrogens with zero attached hydrogens (tertiary/aromatic N) is 2. The molecule has 0 spiro atoms. The second-order valence-electron chi connectivity index (χ2n) is 7.10. The highest BCUT2D eigenvalue weighted by Gasteiger charge is 2.22. The molecule has 0 unspecified atom stereocenters. The molecule has 1 N–H and O–H groups in total. The van der Waals surface area contributed by atoms with Gasteiger partial charge in [-0.1, -0.05) is 26.0 Å². The van der Waals surface area contributed by atoms with Gasteiger partial charge in [-0.25, -0.2) is 13.4 Å². The highest BCUT2D eigenvalue weighted by atomic mass is 32.2. The number of amides is 1. The van der Waals surface area contributed by atoms with Crippen molar-refractivity contribution in [1.29, 1.82) is 0 Å². The van der Waals surface area contributed by atoms with Gasteiger partial charge in [-0.3, -0.25) is 10.1 Å². The highest BCUT2D eigenvalue weighted by Crippen LogP contribution is 2.34. The second-order valence-corrected chi connectivity index (χ2v) is 9.89. The first-order chi connectivity index (χ1) is 15.9. The number of hydrogen-bond donors (Lipinski definition) is 1. The summed E-state index contributed by atoms with van der Waals surface area (Å²) in [5.74, 6) is 0.820. The van der Waals surface area contributed by atoms with Crippen molar-refractivity contribution in [2.75, 3.05) is 25.5 Å². The Morgan fingerprint density at radius 2 is 1.88 bits per heavy atom. The molecule has 172 valence electrons. The molecule has 0 aliphatic heterocycles. The first kappa shape index (κ1) is 23.0. The summed E-state index contributed by atoms with van der Waals surface area (Å²) in [7, 11) is -1.99. The van der Waals surface area contributed by atoms with Gasteiger partial charge in [0.1, 0.15) is 5.69 Å². The molecule has 8 nitrogen and oxygen atoms in total. The summed E-state index contributed by atoms with van der Waals surface area (Å²) >= 11 is 1.27. The second kappa shape index (κ2) is 9.34. The smallest absolute Gasteiger partial charge is 0.257 e. The highest BCUT2D eigenvalue weighted by molar-refractivity contribution is 7.89. The monoisotopic (exact) mass is 485 g/mol. The van der Waals surface area contributed by atoms with Crippen molar-refractivity contribution in [3.8, 4) is 17.2 Å². The summed E-state index contributed by atoms with van der Waals surface area (Å²) in [6, 6.07) is 13.4. The van der Waals surface area contributed by atoms with E-state index >= 15 is 0 Å². The molecule has 0 atom stereocenters. The van der Waals surface area contributed by atoms with Crippen molar-refractivity contribution in [3.05, 3.63) is 59.5 Å². The Morgan fingerprint density at radius 1 is 1.15 bits per heavy atom. The van der Waals surface area contributed by atoms with Crippen LogP contribution in [0.1, 0.15) is 24.2 Å². The molecule has 2 aromatic heterocycles. The molecular formula is C23H23N3O5S2. The van der Waals surface area contributed by atoms with Crippen LogP contribution in [0.25, 0.3) is 22.4 Å². The molecule has 0 saturated carbocycles. The number of carbonyl (C=O) groups excluding carboxylic acids is 1. The van der Waals surface area contributed by atoms with Gasteiger partial charge in [0.05, 0.1) is 12.0 Å². The van der Waals surface area contributed by atoms with Gasteiger partial charge in [-0.05, 0) is 36.4 Å². The number of rotatable bonds is 8. The number of anilines is 1. The van der Waals surface area contributed by atoms with E-state index in [1.165, 1.54) is 39.9 Å². The normalized spacial score (nSPS) is 11.8. The van der Waals surface area contributed by atoms with Crippen LogP contribution in [0.5, 0.6) is 5.75 Å². The van der Waals surface area contributed by atoms with Gasteiger partial charge in [-0.2, -0.15) is 4.31 Å². The minimum atomic E-state index is -3.57. The number of sulfonamides is 1. The predicted octanol–water partition coefficient (Wildman–Crippen LogP) is 4.85. The van der Waals surface area contributed by atoms with Crippen molar-refractivity contribution in [2.24, 2.45) is 0 Å². The minimum Gasteiger partial charge on any atom is -0.493 e. The average molecular weight is 486 g/mol. The van der Waals surface area contributed by atoms with Gasteiger partial charge in [0.15, 0.2) is 22.2 Å². The van der Waals surface area contributed by atoms with Crippen LogP contribution in [-0.4, -0.2) is 43.8 Å². The molecule has 1 amide bonds. The molecular weight excluding hydrogens is 462 g/mol. The number of nitrogens with one attached hydrogen (secondary N) is 1. The molecule has 0 aliphatic carbocycles. The summed E-state index contributed by atoms with van der Waals surface area (Å²) in [6.45, 7) is 4.33. The Hall–Kier alpha value is -3.21. The van der Waals surface area contributed by atoms with Gasteiger partial charge < -0.3 is 9.15 Å². The number of furan rings is 1. The summed E-state index contributed by atoms with van der Waals surface area (Å²) in [6.07, 6.45) is 0. The van der Waals surface area contributed by atoms with E-state index in [0.29, 0.717) is 46.6 Å². The zero-order valence-corrected chi connectivity index (χ0v) is 20.0. The van der Waals surface area contributed by atoms with Crippen molar-refractivity contribution in [3.63, 3.8) is 0 Å². The Balaban J connectivity index is 1.50. The van der Waals surface area contributed by atoms with Crippen LogP contribution in [0.2, 0.25) is 0 Å². The Kier molecular flexibility index (Phi) is 6.50. The van der Waals surface area contributed by atoms with Gasteiger partial charge in [-0.15, -0.1) is 11.3 Å². The van der Waals surface area contributed by atoms with Gasteiger partial charge >= 0.3 is 0 Å². The largest absolute Gasteiger partial charge is 0.493 e. The van der Waals surface area contributed by atoms with Gasteiger partial charge in [0.25, 0.3) is 5.91 Å².